The molecule has 1 fully saturated rings. The minimum atomic E-state index is -0.0942. The first kappa shape index (κ1) is 17.7. The molecule has 3 N–H and O–H groups in total. The summed E-state index contributed by atoms with van der Waals surface area (Å²) in [6.45, 7) is 2.45. The highest BCUT2D eigenvalue weighted by Crippen LogP contribution is 2.12. The number of carbonyl (C=O) groups is 1. The molecule has 2 heterocycles. The first-order chi connectivity index (χ1) is 12.2. The lowest BCUT2D eigenvalue weighted by atomic mass is 10.1. The predicted molar refractivity (Wildman–Crippen MR) is 92.9 cm³/mol. The van der Waals surface area contributed by atoms with Gasteiger partial charge < -0.3 is 24.9 Å². The van der Waals surface area contributed by atoms with Crippen LogP contribution in [0.3, 0.4) is 0 Å². The van der Waals surface area contributed by atoms with Gasteiger partial charge in [-0.15, -0.1) is 0 Å². The average molecular weight is 344 g/mol. The molecular weight excluding hydrogens is 320 g/mol. The van der Waals surface area contributed by atoms with E-state index in [0.29, 0.717) is 31.0 Å². The SMILES string of the molecule is O=C(NCC1CCCO1)c1cccc(CNCc2ccc(CO)o2)c1. The van der Waals surface area contributed by atoms with E-state index in [1.165, 1.54) is 0 Å². The third-order valence-electron chi connectivity index (χ3n) is 4.20. The van der Waals surface area contributed by atoms with Crippen LogP contribution in [0.5, 0.6) is 0 Å². The van der Waals surface area contributed by atoms with Crippen LogP contribution in [0.25, 0.3) is 0 Å². The third kappa shape index (κ3) is 5.16. The number of aliphatic hydroxyl groups is 1. The van der Waals surface area contributed by atoms with Gasteiger partial charge in [0.25, 0.3) is 5.91 Å². The Morgan fingerprint density at radius 3 is 2.84 bits per heavy atom. The monoisotopic (exact) mass is 344 g/mol. The van der Waals surface area contributed by atoms with E-state index in [1.807, 2.05) is 30.3 Å². The number of aliphatic hydroxyl groups excluding tert-OH is 1. The molecule has 2 aromatic rings. The number of hydrogen-bond donors (Lipinski definition) is 3. The van der Waals surface area contributed by atoms with E-state index in [1.54, 1.807) is 6.07 Å². The molecule has 0 radical (unpaired) electrons. The van der Waals surface area contributed by atoms with Gasteiger partial charge in [0, 0.05) is 25.3 Å². The Balaban J connectivity index is 1.47. The van der Waals surface area contributed by atoms with Gasteiger partial charge >= 0.3 is 0 Å². The fourth-order valence-electron chi connectivity index (χ4n) is 2.87. The maximum atomic E-state index is 12.3. The summed E-state index contributed by atoms with van der Waals surface area (Å²) in [4.78, 5) is 12.3. The van der Waals surface area contributed by atoms with E-state index in [-0.39, 0.29) is 18.6 Å². The number of ether oxygens (including phenoxy) is 1. The number of amides is 1. The van der Waals surface area contributed by atoms with Gasteiger partial charge in [-0.05, 0) is 42.7 Å². The van der Waals surface area contributed by atoms with Crippen LogP contribution >= 0.6 is 0 Å². The van der Waals surface area contributed by atoms with Crippen LogP contribution < -0.4 is 10.6 Å². The number of rotatable bonds is 8. The van der Waals surface area contributed by atoms with Crippen LogP contribution in [0.2, 0.25) is 0 Å². The molecule has 1 unspecified atom stereocenters. The summed E-state index contributed by atoms with van der Waals surface area (Å²) in [5.74, 6) is 1.26. The highest BCUT2D eigenvalue weighted by Gasteiger charge is 2.16. The highest BCUT2D eigenvalue weighted by atomic mass is 16.5. The summed E-state index contributed by atoms with van der Waals surface area (Å²) >= 11 is 0. The van der Waals surface area contributed by atoms with Gasteiger partial charge in [0.05, 0.1) is 12.6 Å². The van der Waals surface area contributed by atoms with Gasteiger partial charge in [-0.1, -0.05) is 12.1 Å². The summed E-state index contributed by atoms with van der Waals surface area (Å²) in [5, 5.41) is 15.2. The summed E-state index contributed by atoms with van der Waals surface area (Å²) < 4.78 is 10.9. The summed E-state index contributed by atoms with van der Waals surface area (Å²) in [5.41, 5.74) is 1.68. The van der Waals surface area contributed by atoms with Crippen LogP contribution in [0, 0.1) is 0 Å². The van der Waals surface area contributed by atoms with Crippen molar-refractivity contribution < 1.29 is 19.1 Å². The van der Waals surface area contributed by atoms with E-state index in [4.69, 9.17) is 14.3 Å². The van der Waals surface area contributed by atoms with Crippen molar-refractivity contribution >= 4 is 5.91 Å². The normalized spacial score (nSPS) is 16.9. The average Bonchev–Trinajstić information content (AvgIpc) is 3.31. The van der Waals surface area contributed by atoms with E-state index < -0.39 is 0 Å². The first-order valence-electron chi connectivity index (χ1n) is 8.62. The molecule has 0 saturated carbocycles. The van der Waals surface area contributed by atoms with Crippen molar-refractivity contribution in [1.82, 2.24) is 10.6 Å². The molecule has 6 heteroatoms. The van der Waals surface area contributed by atoms with E-state index in [0.717, 1.165) is 30.8 Å². The highest BCUT2D eigenvalue weighted by molar-refractivity contribution is 5.94. The zero-order chi connectivity index (χ0) is 17.5. The largest absolute Gasteiger partial charge is 0.462 e. The second-order valence-electron chi connectivity index (χ2n) is 6.18. The number of benzene rings is 1. The summed E-state index contributed by atoms with van der Waals surface area (Å²) in [6.07, 6.45) is 2.22. The second kappa shape index (κ2) is 8.80. The van der Waals surface area contributed by atoms with E-state index >= 15 is 0 Å². The molecule has 1 atom stereocenters. The van der Waals surface area contributed by atoms with Crippen LogP contribution in [-0.4, -0.2) is 30.3 Å². The van der Waals surface area contributed by atoms with Crippen molar-refractivity contribution in [3.05, 3.63) is 59.0 Å². The maximum absolute atomic E-state index is 12.3. The lowest BCUT2D eigenvalue weighted by Crippen LogP contribution is -2.31. The molecule has 25 heavy (non-hydrogen) atoms. The quantitative estimate of drug-likeness (QED) is 0.682. The molecule has 6 nitrogen and oxygen atoms in total. The number of furan rings is 1. The zero-order valence-corrected chi connectivity index (χ0v) is 14.2. The van der Waals surface area contributed by atoms with Crippen molar-refractivity contribution in [3.63, 3.8) is 0 Å². The Bertz CT molecular complexity index is 692. The fourth-order valence-corrected chi connectivity index (χ4v) is 2.87. The second-order valence-corrected chi connectivity index (χ2v) is 6.18. The van der Waals surface area contributed by atoms with Crippen LogP contribution in [0.4, 0.5) is 0 Å². The Labute approximate surface area is 147 Å². The molecule has 1 amide bonds. The summed E-state index contributed by atoms with van der Waals surface area (Å²) in [7, 11) is 0. The molecule has 0 aliphatic carbocycles. The minimum Gasteiger partial charge on any atom is -0.462 e. The van der Waals surface area contributed by atoms with Gasteiger partial charge in [0.15, 0.2) is 0 Å². The summed E-state index contributed by atoms with van der Waals surface area (Å²) in [6, 6.07) is 11.2. The lowest BCUT2D eigenvalue weighted by Gasteiger charge is -2.11. The fraction of sp³-hybridized carbons (Fsp3) is 0.421. The minimum absolute atomic E-state index is 0.0732. The van der Waals surface area contributed by atoms with Crippen molar-refractivity contribution in [3.8, 4) is 0 Å². The molecule has 1 saturated heterocycles. The van der Waals surface area contributed by atoms with Crippen LogP contribution in [0.1, 0.15) is 40.3 Å². The number of hydrogen-bond acceptors (Lipinski definition) is 5. The third-order valence-corrected chi connectivity index (χ3v) is 4.20. The van der Waals surface area contributed by atoms with Crippen molar-refractivity contribution in [2.24, 2.45) is 0 Å². The van der Waals surface area contributed by atoms with Gasteiger partial charge in [-0.2, -0.15) is 0 Å². The zero-order valence-electron chi connectivity index (χ0n) is 14.2. The van der Waals surface area contributed by atoms with Crippen LogP contribution in [0.15, 0.2) is 40.8 Å². The van der Waals surface area contributed by atoms with E-state index in [2.05, 4.69) is 10.6 Å². The molecule has 1 aromatic carbocycles. The Hall–Kier alpha value is -2.15. The molecule has 0 bridgehead atoms. The van der Waals surface area contributed by atoms with Gasteiger partial charge in [0.2, 0.25) is 0 Å². The molecule has 134 valence electrons. The number of carbonyl (C=O) groups excluding carboxylic acids is 1. The van der Waals surface area contributed by atoms with Crippen molar-refractivity contribution in [2.45, 2.75) is 38.6 Å². The van der Waals surface area contributed by atoms with Gasteiger partial charge in [-0.3, -0.25) is 4.79 Å². The standard InChI is InChI=1S/C19H24N2O4/c22-13-18-7-6-17(25-18)11-20-10-14-3-1-4-15(9-14)19(23)21-12-16-5-2-8-24-16/h1,3-4,6-7,9,16,20,22H,2,5,8,10-13H2,(H,21,23). The van der Waals surface area contributed by atoms with Gasteiger partial charge in [0.1, 0.15) is 18.1 Å². The first-order valence-corrected chi connectivity index (χ1v) is 8.62. The molecule has 1 aliphatic heterocycles. The Morgan fingerprint density at radius 1 is 1.20 bits per heavy atom. The van der Waals surface area contributed by atoms with Crippen molar-refractivity contribution in [2.75, 3.05) is 13.2 Å². The topological polar surface area (TPSA) is 83.7 Å². The maximum Gasteiger partial charge on any atom is 0.251 e. The molecule has 0 spiro atoms. The molecule has 1 aromatic heterocycles. The predicted octanol–water partition coefficient (Wildman–Crippen LogP) is 1.97. The molecule has 1 aliphatic rings. The van der Waals surface area contributed by atoms with Crippen molar-refractivity contribution in [1.29, 1.82) is 0 Å². The Morgan fingerprint density at radius 2 is 2.08 bits per heavy atom. The lowest BCUT2D eigenvalue weighted by molar-refractivity contribution is 0.0857. The van der Waals surface area contributed by atoms with Crippen LogP contribution in [-0.2, 0) is 24.4 Å². The van der Waals surface area contributed by atoms with Gasteiger partial charge in [-0.25, -0.2) is 0 Å². The smallest absolute Gasteiger partial charge is 0.251 e. The number of nitrogens with one attached hydrogen (secondary N) is 2. The molecular formula is C19H24N2O4. The Kier molecular flexibility index (Phi) is 6.22. The van der Waals surface area contributed by atoms with E-state index in [9.17, 15) is 4.79 Å². The molecule has 3 rings (SSSR count).